The number of aliphatic hydroxyl groups excluding tert-OH is 8. The molecule has 1 amide bonds. The van der Waals surface area contributed by atoms with E-state index in [4.69, 9.17) is 18.9 Å². The van der Waals surface area contributed by atoms with Crippen LogP contribution in [0.25, 0.3) is 0 Å². The largest absolute Gasteiger partial charge is 0.394 e. The molecule has 2 heterocycles. The van der Waals surface area contributed by atoms with Crippen LogP contribution in [0.1, 0.15) is 136 Å². The summed E-state index contributed by atoms with van der Waals surface area (Å²) < 4.78 is 22.5. The van der Waals surface area contributed by atoms with Gasteiger partial charge in [0.2, 0.25) is 5.91 Å². The molecule has 14 nitrogen and oxygen atoms in total. The fourth-order valence-corrected chi connectivity index (χ4v) is 6.91. The predicted octanol–water partition coefficient (Wildman–Crippen LogP) is 3.59. The summed E-state index contributed by atoms with van der Waals surface area (Å²) in [6.45, 7) is 2.58. The van der Waals surface area contributed by atoms with E-state index in [9.17, 15) is 45.6 Å². The van der Waals surface area contributed by atoms with Gasteiger partial charge in [-0.25, -0.2) is 0 Å². The molecule has 0 spiro atoms. The average Bonchev–Trinajstić information content (AvgIpc) is 3.21. The second-order valence-electron chi connectivity index (χ2n) is 15.5. The Morgan fingerprint density at radius 2 is 1.12 bits per heavy atom. The molecule has 2 aliphatic rings. The maximum atomic E-state index is 12.8. The number of hydrogen-bond donors (Lipinski definition) is 9. The highest BCUT2D eigenvalue weighted by Gasteiger charge is 2.50. The van der Waals surface area contributed by atoms with E-state index in [2.05, 4.69) is 43.5 Å². The first-order valence-corrected chi connectivity index (χ1v) is 21.7. The van der Waals surface area contributed by atoms with Gasteiger partial charge in [0.05, 0.1) is 32.0 Å². The van der Waals surface area contributed by atoms with Crippen LogP contribution in [0.4, 0.5) is 0 Å². The summed E-state index contributed by atoms with van der Waals surface area (Å²) in [4.78, 5) is 12.8. The first-order chi connectivity index (χ1) is 27.6. The first kappa shape index (κ1) is 51.4. The fourth-order valence-electron chi connectivity index (χ4n) is 6.91. The number of hydrogen-bond acceptors (Lipinski definition) is 13. The van der Waals surface area contributed by atoms with Crippen molar-refractivity contribution < 1.29 is 64.6 Å². The number of aliphatic hydroxyl groups is 8. The quantitative estimate of drug-likeness (QED) is 0.0361. The zero-order valence-electron chi connectivity index (χ0n) is 34.6. The van der Waals surface area contributed by atoms with Crippen LogP contribution in [0.5, 0.6) is 0 Å². The van der Waals surface area contributed by atoms with E-state index < -0.39 is 86.8 Å². The normalized spacial score (nSPS) is 29.4. The Hall–Kier alpha value is -1.79. The molecule has 0 bridgehead atoms. The monoisotopic (exact) mass is 816 g/mol. The lowest BCUT2D eigenvalue weighted by atomic mass is 9.97. The van der Waals surface area contributed by atoms with E-state index in [0.717, 1.165) is 44.9 Å². The van der Waals surface area contributed by atoms with Crippen molar-refractivity contribution in [1.82, 2.24) is 5.32 Å². The third kappa shape index (κ3) is 19.9. The number of nitrogens with one attached hydrogen (secondary N) is 1. The Morgan fingerprint density at radius 1 is 0.614 bits per heavy atom. The van der Waals surface area contributed by atoms with Crippen LogP contribution in [0.15, 0.2) is 36.5 Å². The van der Waals surface area contributed by atoms with E-state index in [1.165, 1.54) is 57.8 Å². The van der Waals surface area contributed by atoms with Gasteiger partial charge in [0.1, 0.15) is 48.8 Å². The van der Waals surface area contributed by atoms with E-state index in [0.29, 0.717) is 12.8 Å². The highest BCUT2D eigenvalue weighted by molar-refractivity contribution is 5.76. The molecule has 57 heavy (non-hydrogen) atoms. The molecule has 2 rings (SSSR count). The molecule has 2 aliphatic heterocycles. The molecule has 14 heteroatoms. The van der Waals surface area contributed by atoms with Gasteiger partial charge in [-0.1, -0.05) is 121 Å². The van der Waals surface area contributed by atoms with Gasteiger partial charge in [-0.15, -0.1) is 0 Å². The van der Waals surface area contributed by atoms with E-state index in [1.54, 1.807) is 6.08 Å². The summed E-state index contributed by atoms with van der Waals surface area (Å²) in [7, 11) is 0. The lowest BCUT2D eigenvalue weighted by Gasteiger charge is -2.46. The number of carbonyl (C=O) groups is 1. The molecule has 0 aromatic heterocycles. The third-order valence-electron chi connectivity index (χ3n) is 10.6. The van der Waals surface area contributed by atoms with Crippen molar-refractivity contribution in [2.45, 2.75) is 209 Å². The third-order valence-corrected chi connectivity index (χ3v) is 10.6. The minimum absolute atomic E-state index is 0.261. The van der Waals surface area contributed by atoms with Gasteiger partial charge >= 0.3 is 0 Å². The predicted molar refractivity (Wildman–Crippen MR) is 217 cm³/mol. The molecule has 2 fully saturated rings. The number of allylic oxidation sites excluding steroid dienone is 5. The Kier molecular flexibility index (Phi) is 28.1. The molecule has 332 valence electrons. The molecule has 0 radical (unpaired) electrons. The van der Waals surface area contributed by atoms with Gasteiger partial charge in [-0.05, 0) is 44.9 Å². The van der Waals surface area contributed by atoms with Crippen LogP contribution >= 0.6 is 0 Å². The molecule has 2 saturated heterocycles. The summed E-state index contributed by atoms with van der Waals surface area (Å²) in [5.74, 6) is -0.274. The standard InChI is InChI=1S/C43H77NO13/c1-3-5-7-9-10-11-12-13-14-15-16-17-18-19-20-21-22-23-24-26-32(47)31(44-35(48)27-25-8-6-4-2)30-54-42-40(53)38(51)41(34(29-46)56-42)57-43-39(52)37(50)36(49)33(28-45)55-43/h16-17,20-21,24,26,31-34,36-43,45-47,49-53H,3-15,18-19,22-23,25,27-30H2,1-2H3,(H,44,48)/b17-16+,21-20+,26-24+. The van der Waals surface area contributed by atoms with Crippen LogP contribution in [0.3, 0.4) is 0 Å². The summed E-state index contributed by atoms with van der Waals surface area (Å²) in [6.07, 6.45) is 15.6. The number of carbonyl (C=O) groups excluding carboxylic acids is 1. The van der Waals surface area contributed by atoms with Crippen LogP contribution in [-0.2, 0) is 23.7 Å². The van der Waals surface area contributed by atoms with Crippen molar-refractivity contribution in [2.75, 3.05) is 19.8 Å². The molecule has 9 N–H and O–H groups in total. The van der Waals surface area contributed by atoms with Gasteiger partial charge < -0.3 is 65.1 Å². The zero-order valence-corrected chi connectivity index (χ0v) is 34.6. The van der Waals surface area contributed by atoms with Crippen molar-refractivity contribution in [1.29, 1.82) is 0 Å². The summed E-state index contributed by atoms with van der Waals surface area (Å²) in [6, 6.07) is -0.929. The highest BCUT2D eigenvalue weighted by Crippen LogP contribution is 2.29. The second-order valence-corrected chi connectivity index (χ2v) is 15.5. The topological polar surface area (TPSA) is 228 Å². The van der Waals surface area contributed by atoms with E-state index >= 15 is 0 Å². The van der Waals surface area contributed by atoms with Crippen LogP contribution in [0, 0.1) is 0 Å². The number of unbranched alkanes of at least 4 members (excludes halogenated alkanes) is 14. The molecule has 0 aromatic rings. The van der Waals surface area contributed by atoms with Crippen molar-refractivity contribution >= 4 is 5.91 Å². The van der Waals surface area contributed by atoms with E-state index in [1.807, 2.05) is 6.08 Å². The molecular weight excluding hydrogens is 738 g/mol. The molecule has 0 aliphatic carbocycles. The molecular formula is C43H77NO13. The second kappa shape index (κ2) is 31.1. The Morgan fingerprint density at radius 3 is 1.72 bits per heavy atom. The highest BCUT2D eigenvalue weighted by atomic mass is 16.7. The van der Waals surface area contributed by atoms with Crippen molar-refractivity contribution in [3.8, 4) is 0 Å². The van der Waals surface area contributed by atoms with Gasteiger partial charge in [-0.3, -0.25) is 4.79 Å². The molecule has 0 aromatic carbocycles. The lowest BCUT2D eigenvalue weighted by molar-refractivity contribution is -0.359. The van der Waals surface area contributed by atoms with Gasteiger partial charge in [-0.2, -0.15) is 0 Å². The van der Waals surface area contributed by atoms with Gasteiger partial charge in [0.15, 0.2) is 12.6 Å². The van der Waals surface area contributed by atoms with Gasteiger partial charge in [0, 0.05) is 6.42 Å². The van der Waals surface area contributed by atoms with Crippen LogP contribution in [0.2, 0.25) is 0 Å². The zero-order chi connectivity index (χ0) is 41.8. The lowest BCUT2D eigenvalue weighted by Crippen LogP contribution is -2.65. The van der Waals surface area contributed by atoms with Crippen LogP contribution < -0.4 is 5.32 Å². The average molecular weight is 816 g/mol. The van der Waals surface area contributed by atoms with Crippen LogP contribution in [-0.4, -0.2) is 140 Å². The maximum absolute atomic E-state index is 12.8. The van der Waals surface area contributed by atoms with Crippen molar-refractivity contribution in [3.63, 3.8) is 0 Å². The molecule has 0 saturated carbocycles. The summed E-state index contributed by atoms with van der Waals surface area (Å²) in [5, 5.41) is 85.9. The Balaban J connectivity index is 1.85. The minimum atomic E-state index is -1.79. The Labute approximate surface area is 341 Å². The molecule has 12 atom stereocenters. The minimum Gasteiger partial charge on any atom is -0.394 e. The first-order valence-electron chi connectivity index (χ1n) is 21.7. The fraction of sp³-hybridized carbons (Fsp3) is 0.837. The maximum Gasteiger partial charge on any atom is 0.220 e. The number of ether oxygens (including phenoxy) is 4. The van der Waals surface area contributed by atoms with E-state index in [-0.39, 0.29) is 18.9 Å². The van der Waals surface area contributed by atoms with Crippen molar-refractivity contribution in [3.05, 3.63) is 36.5 Å². The Bertz CT molecular complexity index is 1100. The summed E-state index contributed by atoms with van der Waals surface area (Å²) in [5.41, 5.74) is 0. The van der Waals surface area contributed by atoms with Crippen molar-refractivity contribution in [2.24, 2.45) is 0 Å². The SMILES string of the molecule is CCCCCCCCCCC/C=C/CC/C=C/CC/C=C/C(O)C(COC1OC(CO)C(OC2OC(CO)C(O)C(O)C2O)C(O)C1O)NC(=O)CCCCCC. The smallest absolute Gasteiger partial charge is 0.220 e. The molecule has 12 unspecified atom stereocenters. The number of amides is 1. The van der Waals surface area contributed by atoms with Gasteiger partial charge in [0.25, 0.3) is 0 Å². The summed E-state index contributed by atoms with van der Waals surface area (Å²) >= 11 is 0. The number of rotatable bonds is 31.